The Balaban J connectivity index is 2.73. The third kappa shape index (κ3) is 2.95. The third-order valence-electron chi connectivity index (χ3n) is 3.02. The second-order valence-electron chi connectivity index (χ2n) is 4.27. The van der Waals surface area contributed by atoms with E-state index in [1.54, 1.807) is 0 Å². The number of aromatic nitrogens is 2. The number of nitrogens with one attached hydrogen (secondary N) is 1. The maximum Gasteiger partial charge on any atom is 0.0629 e. The molecule has 1 atom stereocenters. The first-order valence-corrected chi connectivity index (χ1v) is 5.95. The Kier molecular flexibility index (Phi) is 4.74. The molecule has 16 heavy (non-hydrogen) atoms. The predicted octanol–water partition coefficient (Wildman–Crippen LogP) is 2.13. The van der Waals surface area contributed by atoms with Gasteiger partial charge in [0, 0.05) is 18.8 Å². The van der Waals surface area contributed by atoms with Gasteiger partial charge in [-0.15, -0.1) is 6.58 Å². The summed E-state index contributed by atoms with van der Waals surface area (Å²) in [4.78, 5) is 0. The van der Waals surface area contributed by atoms with Crippen LogP contribution in [-0.2, 0) is 13.5 Å². The molecule has 0 aliphatic rings. The van der Waals surface area contributed by atoms with Crippen molar-refractivity contribution in [2.24, 2.45) is 7.05 Å². The highest BCUT2D eigenvalue weighted by Crippen LogP contribution is 2.14. The SMILES string of the molecule is C=CC(Cc1c(C)nn(C)c1C)NCCC. The molecule has 3 heteroatoms. The van der Waals surface area contributed by atoms with E-state index in [-0.39, 0.29) is 0 Å². The second-order valence-corrected chi connectivity index (χ2v) is 4.27. The molecule has 1 rings (SSSR count). The van der Waals surface area contributed by atoms with E-state index in [9.17, 15) is 0 Å². The Labute approximate surface area is 98.5 Å². The van der Waals surface area contributed by atoms with Gasteiger partial charge in [-0.2, -0.15) is 5.10 Å². The second kappa shape index (κ2) is 5.85. The number of rotatable bonds is 6. The van der Waals surface area contributed by atoms with Crippen LogP contribution in [0.3, 0.4) is 0 Å². The van der Waals surface area contributed by atoms with E-state index in [1.807, 2.05) is 17.8 Å². The monoisotopic (exact) mass is 221 g/mol. The minimum absolute atomic E-state index is 0.349. The lowest BCUT2D eigenvalue weighted by atomic mass is 10.0. The topological polar surface area (TPSA) is 29.9 Å². The van der Waals surface area contributed by atoms with Crippen LogP contribution < -0.4 is 5.32 Å². The zero-order chi connectivity index (χ0) is 12.1. The first-order valence-electron chi connectivity index (χ1n) is 5.95. The van der Waals surface area contributed by atoms with Crippen LogP contribution in [0.4, 0.5) is 0 Å². The zero-order valence-electron chi connectivity index (χ0n) is 10.9. The van der Waals surface area contributed by atoms with Crippen LogP contribution >= 0.6 is 0 Å². The van der Waals surface area contributed by atoms with Crippen molar-refractivity contribution in [2.75, 3.05) is 6.54 Å². The summed E-state index contributed by atoms with van der Waals surface area (Å²) in [7, 11) is 1.99. The van der Waals surface area contributed by atoms with Crippen molar-refractivity contribution in [3.05, 3.63) is 29.6 Å². The third-order valence-corrected chi connectivity index (χ3v) is 3.02. The molecule has 0 amide bonds. The normalized spacial score (nSPS) is 12.8. The Morgan fingerprint density at radius 3 is 2.62 bits per heavy atom. The first-order chi connectivity index (χ1) is 7.60. The number of hydrogen-bond acceptors (Lipinski definition) is 2. The quantitative estimate of drug-likeness (QED) is 0.746. The standard InChI is InChI=1S/C13H23N3/c1-6-8-14-12(7-2)9-13-10(3)15-16(5)11(13)4/h7,12,14H,2,6,8-9H2,1,3-5H3. The van der Waals surface area contributed by atoms with Gasteiger partial charge in [-0.3, -0.25) is 4.68 Å². The van der Waals surface area contributed by atoms with E-state index in [1.165, 1.54) is 11.3 Å². The van der Waals surface area contributed by atoms with Gasteiger partial charge in [0.15, 0.2) is 0 Å². The van der Waals surface area contributed by atoms with Crippen molar-refractivity contribution in [2.45, 2.75) is 39.7 Å². The average Bonchev–Trinajstić information content (AvgIpc) is 2.50. The Hall–Kier alpha value is -1.09. The van der Waals surface area contributed by atoms with Gasteiger partial charge in [-0.25, -0.2) is 0 Å². The molecule has 0 saturated heterocycles. The molecular formula is C13H23N3. The van der Waals surface area contributed by atoms with Gasteiger partial charge in [-0.1, -0.05) is 13.0 Å². The molecule has 90 valence electrons. The van der Waals surface area contributed by atoms with E-state index in [0.29, 0.717) is 6.04 Å². The highest BCUT2D eigenvalue weighted by atomic mass is 15.3. The molecular weight excluding hydrogens is 198 g/mol. The summed E-state index contributed by atoms with van der Waals surface area (Å²) in [6.45, 7) is 11.3. The molecule has 0 aromatic carbocycles. The molecule has 0 radical (unpaired) electrons. The van der Waals surface area contributed by atoms with Crippen LogP contribution in [0.2, 0.25) is 0 Å². The fourth-order valence-electron chi connectivity index (χ4n) is 1.90. The van der Waals surface area contributed by atoms with Crippen LogP contribution in [0.15, 0.2) is 12.7 Å². The number of aryl methyl sites for hydroxylation is 2. The van der Waals surface area contributed by atoms with Gasteiger partial charge in [-0.05, 0) is 38.8 Å². The van der Waals surface area contributed by atoms with Gasteiger partial charge in [0.1, 0.15) is 0 Å². The van der Waals surface area contributed by atoms with Gasteiger partial charge in [0.25, 0.3) is 0 Å². The Bertz CT molecular complexity index is 352. The zero-order valence-corrected chi connectivity index (χ0v) is 10.9. The van der Waals surface area contributed by atoms with Gasteiger partial charge in [0.05, 0.1) is 5.69 Å². The van der Waals surface area contributed by atoms with E-state index < -0.39 is 0 Å². The maximum absolute atomic E-state index is 4.43. The van der Waals surface area contributed by atoms with Crippen LogP contribution in [-0.4, -0.2) is 22.4 Å². The highest BCUT2D eigenvalue weighted by molar-refractivity contribution is 5.26. The maximum atomic E-state index is 4.43. The summed E-state index contributed by atoms with van der Waals surface area (Å²) < 4.78 is 1.95. The molecule has 0 bridgehead atoms. The van der Waals surface area contributed by atoms with Crippen molar-refractivity contribution in [1.29, 1.82) is 0 Å². The fraction of sp³-hybridized carbons (Fsp3) is 0.615. The van der Waals surface area contributed by atoms with Crippen LogP contribution in [0.25, 0.3) is 0 Å². The van der Waals surface area contributed by atoms with Crippen LogP contribution in [0.1, 0.15) is 30.3 Å². The Morgan fingerprint density at radius 1 is 1.50 bits per heavy atom. The van der Waals surface area contributed by atoms with Gasteiger partial charge in [0.2, 0.25) is 0 Å². The smallest absolute Gasteiger partial charge is 0.0629 e. The fourth-order valence-corrected chi connectivity index (χ4v) is 1.90. The first kappa shape index (κ1) is 13.0. The Morgan fingerprint density at radius 2 is 2.19 bits per heavy atom. The molecule has 1 N–H and O–H groups in total. The molecule has 0 aliphatic heterocycles. The van der Waals surface area contributed by atoms with Crippen molar-refractivity contribution in [1.82, 2.24) is 15.1 Å². The van der Waals surface area contributed by atoms with Crippen LogP contribution in [0, 0.1) is 13.8 Å². The molecule has 1 unspecified atom stereocenters. The summed E-state index contributed by atoms with van der Waals surface area (Å²) >= 11 is 0. The lowest BCUT2D eigenvalue weighted by Crippen LogP contribution is -2.30. The van der Waals surface area contributed by atoms with E-state index in [0.717, 1.165) is 25.1 Å². The minimum Gasteiger partial charge on any atom is -0.310 e. The molecule has 1 aromatic heterocycles. The van der Waals surface area contributed by atoms with Crippen LogP contribution in [0.5, 0.6) is 0 Å². The van der Waals surface area contributed by atoms with Gasteiger partial charge >= 0.3 is 0 Å². The van der Waals surface area contributed by atoms with Crippen molar-refractivity contribution >= 4 is 0 Å². The molecule has 3 nitrogen and oxygen atoms in total. The minimum atomic E-state index is 0.349. The molecule has 0 saturated carbocycles. The molecule has 0 spiro atoms. The average molecular weight is 221 g/mol. The number of nitrogens with zero attached hydrogens (tertiary/aromatic N) is 2. The largest absolute Gasteiger partial charge is 0.310 e. The highest BCUT2D eigenvalue weighted by Gasteiger charge is 2.13. The lowest BCUT2D eigenvalue weighted by Gasteiger charge is -2.14. The predicted molar refractivity (Wildman–Crippen MR) is 68.7 cm³/mol. The summed E-state index contributed by atoms with van der Waals surface area (Å²) in [6, 6.07) is 0.349. The lowest BCUT2D eigenvalue weighted by molar-refractivity contribution is 0.583. The summed E-state index contributed by atoms with van der Waals surface area (Å²) in [5.74, 6) is 0. The van der Waals surface area contributed by atoms with Crippen molar-refractivity contribution in [3.8, 4) is 0 Å². The summed E-state index contributed by atoms with van der Waals surface area (Å²) in [5, 5.41) is 7.91. The summed E-state index contributed by atoms with van der Waals surface area (Å²) in [6.07, 6.45) is 4.12. The van der Waals surface area contributed by atoms with Crippen molar-refractivity contribution in [3.63, 3.8) is 0 Å². The van der Waals surface area contributed by atoms with Gasteiger partial charge < -0.3 is 5.32 Å². The van der Waals surface area contributed by atoms with E-state index in [2.05, 4.69) is 37.8 Å². The summed E-state index contributed by atoms with van der Waals surface area (Å²) in [5.41, 5.74) is 3.73. The van der Waals surface area contributed by atoms with E-state index >= 15 is 0 Å². The molecule has 0 aliphatic carbocycles. The molecule has 0 fully saturated rings. The molecule has 1 aromatic rings. The number of hydrogen-bond donors (Lipinski definition) is 1. The van der Waals surface area contributed by atoms with Crippen molar-refractivity contribution < 1.29 is 0 Å². The molecule has 1 heterocycles. The van der Waals surface area contributed by atoms with E-state index in [4.69, 9.17) is 0 Å².